The molecular weight excluding hydrogens is 116 g/mol. The first-order valence-electron chi connectivity index (χ1n) is 3.21. The zero-order valence-electron chi connectivity index (χ0n) is 5.96. The summed E-state index contributed by atoms with van der Waals surface area (Å²) >= 11 is 0. The van der Waals surface area contributed by atoms with Crippen LogP contribution in [-0.4, -0.2) is 16.0 Å². The van der Waals surface area contributed by atoms with E-state index in [1.165, 1.54) is 6.08 Å². The lowest BCUT2D eigenvalue weighted by Gasteiger charge is -2.15. The van der Waals surface area contributed by atoms with Crippen LogP contribution in [0.1, 0.15) is 26.7 Å². The van der Waals surface area contributed by atoms with Gasteiger partial charge in [0.05, 0.1) is 0 Å². The first-order chi connectivity index (χ1) is 4.12. The Kier molecular flexibility index (Phi) is 3.50. The number of allylic oxidation sites excluding steroid dienone is 1. The molecule has 2 nitrogen and oxygen atoms in total. The van der Waals surface area contributed by atoms with Gasteiger partial charge in [0.25, 0.3) is 0 Å². The van der Waals surface area contributed by atoms with Crippen molar-refractivity contribution < 1.29 is 10.2 Å². The van der Waals surface area contributed by atoms with E-state index >= 15 is 0 Å². The van der Waals surface area contributed by atoms with Crippen LogP contribution in [-0.2, 0) is 0 Å². The molecule has 0 rings (SSSR count). The highest BCUT2D eigenvalue weighted by atomic mass is 16.5. The fourth-order valence-corrected chi connectivity index (χ4v) is 0.718. The molecule has 0 aromatic rings. The monoisotopic (exact) mass is 130 g/mol. The summed E-state index contributed by atoms with van der Waals surface area (Å²) in [5.74, 6) is -1.58. The molecule has 2 heteroatoms. The zero-order chi connectivity index (χ0) is 7.33. The molecule has 0 amide bonds. The van der Waals surface area contributed by atoms with Crippen LogP contribution in [0.15, 0.2) is 12.2 Å². The third-order valence-electron chi connectivity index (χ3n) is 1.05. The average molecular weight is 130 g/mol. The van der Waals surface area contributed by atoms with Gasteiger partial charge in [0, 0.05) is 6.42 Å². The van der Waals surface area contributed by atoms with E-state index in [-0.39, 0.29) is 0 Å². The standard InChI is InChI=1S/C7H14O2/c1-3-5-7(8,9)6-4-2/h3,5,8-9H,4,6H2,1-2H3. The molecule has 0 radical (unpaired) electrons. The molecule has 0 aliphatic rings. The molecule has 0 fully saturated rings. The average Bonchev–Trinajstić information content (AvgIpc) is 1.64. The van der Waals surface area contributed by atoms with E-state index in [4.69, 9.17) is 10.2 Å². The van der Waals surface area contributed by atoms with Gasteiger partial charge in [0.15, 0.2) is 5.79 Å². The van der Waals surface area contributed by atoms with Gasteiger partial charge in [0.1, 0.15) is 0 Å². The van der Waals surface area contributed by atoms with Crippen molar-refractivity contribution in [3.8, 4) is 0 Å². The molecule has 0 atom stereocenters. The molecule has 9 heavy (non-hydrogen) atoms. The van der Waals surface area contributed by atoms with Crippen molar-refractivity contribution in [2.75, 3.05) is 0 Å². The molecular formula is C7H14O2. The molecule has 0 aromatic carbocycles. The number of rotatable bonds is 3. The quantitative estimate of drug-likeness (QED) is 0.442. The van der Waals surface area contributed by atoms with E-state index in [2.05, 4.69) is 0 Å². The van der Waals surface area contributed by atoms with Crippen LogP contribution in [0.3, 0.4) is 0 Å². The minimum atomic E-state index is -1.58. The van der Waals surface area contributed by atoms with Crippen LogP contribution in [0.5, 0.6) is 0 Å². The lowest BCUT2D eigenvalue weighted by Crippen LogP contribution is -2.23. The summed E-state index contributed by atoms with van der Waals surface area (Å²) in [5, 5.41) is 18.0. The maximum atomic E-state index is 8.98. The lowest BCUT2D eigenvalue weighted by molar-refractivity contribution is -0.123. The second kappa shape index (κ2) is 3.64. The molecule has 0 aliphatic carbocycles. The summed E-state index contributed by atoms with van der Waals surface area (Å²) in [5.41, 5.74) is 0. The Bertz CT molecular complexity index is 95.1. The van der Waals surface area contributed by atoms with Crippen molar-refractivity contribution in [3.05, 3.63) is 12.2 Å². The molecule has 0 spiro atoms. The lowest BCUT2D eigenvalue weighted by atomic mass is 10.1. The van der Waals surface area contributed by atoms with Gasteiger partial charge < -0.3 is 10.2 Å². The van der Waals surface area contributed by atoms with E-state index in [1.807, 2.05) is 6.92 Å². The molecule has 0 heterocycles. The van der Waals surface area contributed by atoms with Gasteiger partial charge in [-0.3, -0.25) is 0 Å². The van der Waals surface area contributed by atoms with Gasteiger partial charge in [-0.15, -0.1) is 0 Å². The van der Waals surface area contributed by atoms with Gasteiger partial charge in [-0.1, -0.05) is 19.4 Å². The second-order valence-corrected chi connectivity index (χ2v) is 2.13. The minimum Gasteiger partial charge on any atom is -0.362 e. The van der Waals surface area contributed by atoms with Crippen molar-refractivity contribution in [2.24, 2.45) is 0 Å². The second-order valence-electron chi connectivity index (χ2n) is 2.13. The predicted molar refractivity (Wildman–Crippen MR) is 36.9 cm³/mol. The zero-order valence-corrected chi connectivity index (χ0v) is 5.96. The Morgan fingerprint density at radius 1 is 1.44 bits per heavy atom. The normalized spacial score (nSPS) is 12.9. The Morgan fingerprint density at radius 3 is 2.33 bits per heavy atom. The first-order valence-corrected chi connectivity index (χ1v) is 3.21. The van der Waals surface area contributed by atoms with Gasteiger partial charge >= 0.3 is 0 Å². The van der Waals surface area contributed by atoms with Crippen LogP contribution in [0.2, 0.25) is 0 Å². The molecule has 0 bridgehead atoms. The predicted octanol–water partition coefficient (Wildman–Crippen LogP) is 1.04. The summed E-state index contributed by atoms with van der Waals surface area (Å²) in [4.78, 5) is 0. The topological polar surface area (TPSA) is 40.5 Å². The van der Waals surface area contributed by atoms with Gasteiger partial charge in [0.2, 0.25) is 0 Å². The molecule has 0 saturated heterocycles. The van der Waals surface area contributed by atoms with Gasteiger partial charge in [-0.2, -0.15) is 0 Å². The summed E-state index contributed by atoms with van der Waals surface area (Å²) < 4.78 is 0. The number of hydrogen-bond acceptors (Lipinski definition) is 2. The van der Waals surface area contributed by atoms with E-state index in [9.17, 15) is 0 Å². The summed E-state index contributed by atoms with van der Waals surface area (Å²) in [6, 6.07) is 0. The van der Waals surface area contributed by atoms with Crippen LogP contribution >= 0.6 is 0 Å². The highest BCUT2D eigenvalue weighted by Crippen LogP contribution is 2.09. The molecule has 54 valence electrons. The maximum Gasteiger partial charge on any atom is 0.182 e. The fraction of sp³-hybridized carbons (Fsp3) is 0.714. The maximum absolute atomic E-state index is 8.98. The van der Waals surface area contributed by atoms with Gasteiger partial charge in [-0.05, 0) is 13.0 Å². The van der Waals surface area contributed by atoms with Crippen LogP contribution in [0.25, 0.3) is 0 Å². The highest BCUT2D eigenvalue weighted by molar-refractivity contribution is 4.90. The molecule has 0 unspecified atom stereocenters. The Morgan fingerprint density at radius 2 is 2.00 bits per heavy atom. The van der Waals surface area contributed by atoms with Crippen molar-refractivity contribution in [2.45, 2.75) is 32.5 Å². The molecule has 0 saturated carbocycles. The Labute approximate surface area is 55.8 Å². The summed E-state index contributed by atoms with van der Waals surface area (Å²) in [6.07, 6.45) is 4.20. The Hall–Kier alpha value is -0.340. The van der Waals surface area contributed by atoms with Gasteiger partial charge in [-0.25, -0.2) is 0 Å². The van der Waals surface area contributed by atoms with E-state index in [0.717, 1.165) is 6.42 Å². The fourth-order valence-electron chi connectivity index (χ4n) is 0.718. The minimum absolute atomic E-state index is 0.400. The van der Waals surface area contributed by atoms with E-state index in [0.29, 0.717) is 6.42 Å². The summed E-state index contributed by atoms with van der Waals surface area (Å²) in [7, 11) is 0. The number of hydrogen-bond donors (Lipinski definition) is 2. The Balaban J connectivity index is 3.70. The first kappa shape index (κ1) is 8.66. The SMILES string of the molecule is CC=CC(O)(O)CCC. The third kappa shape index (κ3) is 4.18. The molecule has 2 N–H and O–H groups in total. The van der Waals surface area contributed by atoms with Crippen LogP contribution in [0.4, 0.5) is 0 Å². The van der Waals surface area contributed by atoms with Crippen molar-refractivity contribution in [1.29, 1.82) is 0 Å². The number of aliphatic hydroxyl groups is 2. The third-order valence-corrected chi connectivity index (χ3v) is 1.05. The summed E-state index contributed by atoms with van der Waals surface area (Å²) in [6.45, 7) is 3.67. The van der Waals surface area contributed by atoms with Crippen LogP contribution in [0, 0.1) is 0 Å². The molecule has 0 aliphatic heterocycles. The van der Waals surface area contributed by atoms with E-state index in [1.54, 1.807) is 13.0 Å². The molecule has 0 aromatic heterocycles. The van der Waals surface area contributed by atoms with Crippen molar-refractivity contribution in [3.63, 3.8) is 0 Å². The highest BCUT2D eigenvalue weighted by Gasteiger charge is 2.15. The largest absolute Gasteiger partial charge is 0.362 e. The van der Waals surface area contributed by atoms with Crippen molar-refractivity contribution in [1.82, 2.24) is 0 Å². The van der Waals surface area contributed by atoms with Crippen LogP contribution < -0.4 is 0 Å². The van der Waals surface area contributed by atoms with E-state index < -0.39 is 5.79 Å². The van der Waals surface area contributed by atoms with Crippen molar-refractivity contribution >= 4 is 0 Å². The smallest absolute Gasteiger partial charge is 0.182 e.